The largest absolute Gasteiger partial charge is 0.360 e. The van der Waals surface area contributed by atoms with E-state index in [0.717, 1.165) is 38.2 Å². The number of hydrogen-bond donors (Lipinski definition) is 2. The van der Waals surface area contributed by atoms with Crippen molar-refractivity contribution in [3.05, 3.63) is 46.4 Å². The maximum atomic E-state index is 12.1. The number of nitrogens with zero attached hydrogens (tertiary/aromatic N) is 3. The first-order chi connectivity index (χ1) is 12.2. The Kier molecular flexibility index (Phi) is 6.37. The second kappa shape index (κ2) is 8.93. The number of amides is 1. The van der Waals surface area contributed by atoms with E-state index >= 15 is 0 Å². The summed E-state index contributed by atoms with van der Waals surface area (Å²) in [6.07, 6.45) is 0.285. The average molecular weight is 392 g/mol. The molecule has 0 fully saturated rings. The number of benzene rings is 1. The maximum absolute atomic E-state index is 12.1. The fourth-order valence-corrected chi connectivity index (χ4v) is 4.60. The Balaban J connectivity index is 1.49. The van der Waals surface area contributed by atoms with Crippen LogP contribution in [-0.2, 0) is 17.0 Å². The zero-order valence-electron chi connectivity index (χ0n) is 13.6. The molecular formula is C16H17N5OS3. The van der Waals surface area contributed by atoms with Crippen LogP contribution in [0.1, 0.15) is 17.6 Å². The first-order valence-corrected chi connectivity index (χ1v) is 10.4. The lowest BCUT2D eigenvalue weighted by Gasteiger charge is -2.02. The van der Waals surface area contributed by atoms with Crippen molar-refractivity contribution in [2.75, 3.05) is 17.2 Å². The molecule has 0 bridgehead atoms. The van der Waals surface area contributed by atoms with Gasteiger partial charge in [0.1, 0.15) is 5.01 Å². The van der Waals surface area contributed by atoms with Crippen LogP contribution in [0.2, 0.25) is 0 Å². The summed E-state index contributed by atoms with van der Waals surface area (Å²) in [6, 6.07) is 9.43. The van der Waals surface area contributed by atoms with Crippen LogP contribution in [0.5, 0.6) is 0 Å². The first-order valence-electron chi connectivity index (χ1n) is 7.71. The number of hydrogen-bond acceptors (Lipinski definition) is 8. The van der Waals surface area contributed by atoms with E-state index < -0.39 is 0 Å². The molecule has 2 N–H and O–H groups in total. The summed E-state index contributed by atoms with van der Waals surface area (Å²) in [7, 11) is 0. The number of thiazole rings is 1. The molecule has 0 radical (unpaired) electrons. The van der Waals surface area contributed by atoms with Crippen LogP contribution in [0.25, 0.3) is 0 Å². The van der Waals surface area contributed by atoms with Gasteiger partial charge >= 0.3 is 0 Å². The van der Waals surface area contributed by atoms with E-state index in [9.17, 15) is 4.79 Å². The molecule has 1 amide bonds. The Morgan fingerprint density at radius 1 is 1.24 bits per heavy atom. The first kappa shape index (κ1) is 17.8. The van der Waals surface area contributed by atoms with Gasteiger partial charge in [-0.05, 0) is 19.1 Å². The third kappa shape index (κ3) is 5.52. The summed E-state index contributed by atoms with van der Waals surface area (Å²) in [5, 5.41) is 17.9. The van der Waals surface area contributed by atoms with Gasteiger partial charge in [0.05, 0.1) is 12.1 Å². The molecule has 0 spiro atoms. The fourth-order valence-electron chi connectivity index (χ4n) is 1.99. The number of rotatable bonds is 8. The van der Waals surface area contributed by atoms with Crippen molar-refractivity contribution in [3.8, 4) is 0 Å². The van der Waals surface area contributed by atoms with Crippen molar-refractivity contribution in [3.63, 3.8) is 0 Å². The molecule has 3 rings (SSSR count). The molecule has 0 unspecified atom stereocenters. The SMILES string of the molecule is CCNc1nnc(SCc2csc(CC(=O)Nc3ccccc3)n2)s1. The van der Waals surface area contributed by atoms with Crippen molar-refractivity contribution < 1.29 is 4.79 Å². The van der Waals surface area contributed by atoms with Crippen molar-refractivity contribution in [1.29, 1.82) is 0 Å². The molecule has 0 aliphatic carbocycles. The number of carbonyl (C=O) groups is 1. The van der Waals surface area contributed by atoms with E-state index in [0.29, 0.717) is 0 Å². The monoisotopic (exact) mass is 391 g/mol. The lowest BCUT2D eigenvalue weighted by atomic mass is 10.3. The predicted molar refractivity (Wildman–Crippen MR) is 105 cm³/mol. The van der Waals surface area contributed by atoms with Crippen LogP contribution in [0.15, 0.2) is 40.1 Å². The number of aromatic nitrogens is 3. The zero-order valence-corrected chi connectivity index (χ0v) is 16.0. The van der Waals surface area contributed by atoms with Gasteiger partial charge in [-0.2, -0.15) is 0 Å². The normalized spacial score (nSPS) is 10.6. The minimum absolute atomic E-state index is 0.0563. The van der Waals surface area contributed by atoms with Gasteiger partial charge in [0.2, 0.25) is 11.0 Å². The Morgan fingerprint density at radius 3 is 2.88 bits per heavy atom. The Morgan fingerprint density at radius 2 is 2.08 bits per heavy atom. The quantitative estimate of drug-likeness (QED) is 0.567. The van der Waals surface area contributed by atoms with Gasteiger partial charge in [0.15, 0.2) is 4.34 Å². The van der Waals surface area contributed by atoms with Crippen molar-refractivity contribution in [2.24, 2.45) is 0 Å². The summed E-state index contributed by atoms with van der Waals surface area (Å²) in [5.41, 5.74) is 1.75. The van der Waals surface area contributed by atoms with Gasteiger partial charge in [-0.3, -0.25) is 4.79 Å². The molecular weight excluding hydrogens is 374 g/mol. The second-order valence-corrected chi connectivity index (χ2v) is 8.16. The topological polar surface area (TPSA) is 79.8 Å². The molecule has 0 aliphatic rings. The number of nitrogens with one attached hydrogen (secondary N) is 2. The predicted octanol–water partition coefficient (Wildman–Crippen LogP) is 3.90. The molecule has 2 aromatic heterocycles. The highest BCUT2D eigenvalue weighted by molar-refractivity contribution is 8.00. The maximum Gasteiger partial charge on any atom is 0.231 e. The second-order valence-electron chi connectivity index (χ2n) is 5.02. The summed E-state index contributed by atoms with van der Waals surface area (Å²) >= 11 is 4.65. The summed E-state index contributed by atoms with van der Waals surface area (Å²) < 4.78 is 0.910. The molecule has 2 heterocycles. The Hall–Kier alpha value is -1.97. The molecule has 3 aromatic rings. The number of thioether (sulfide) groups is 1. The van der Waals surface area contributed by atoms with Gasteiger partial charge in [-0.1, -0.05) is 41.3 Å². The molecule has 130 valence electrons. The molecule has 6 nitrogen and oxygen atoms in total. The van der Waals surface area contributed by atoms with Gasteiger partial charge < -0.3 is 10.6 Å². The van der Waals surface area contributed by atoms with Crippen molar-refractivity contribution in [1.82, 2.24) is 15.2 Å². The smallest absolute Gasteiger partial charge is 0.231 e. The van der Waals surface area contributed by atoms with Crippen LogP contribution in [0.4, 0.5) is 10.8 Å². The van der Waals surface area contributed by atoms with Gasteiger partial charge in [-0.15, -0.1) is 21.5 Å². The highest BCUT2D eigenvalue weighted by Crippen LogP contribution is 2.28. The molecule has 0 saturated carbocycles. The molecule has 9 heteroatoms. The summed E-state index contributed by atoms with van der Waals surface area (Å²) in [6.45, 7) is 2.86. The van der Waals surface area contributed by atoms with Crippen molar-refractivity contribution in [2.45, 2.75) is 23.4 Å². The zero-order chi connectivity index (χ0) is 17.5. The standard InChI is InChI=1S/C16H17N5OS3/c1-2-17-15-20-21-16(25-15)24-10-12-9-23-14(19-12)8-13(22)18-11-6-4-3-5-7-11/h3-7,9H,2,8,10H2,1H3,(H,17,20)(H,18,22). The minimum atomic E-state index is -0.0563. The van der Waals surface area contributed by atoms with Gasteiger partial charge in [0, 0.05) is 23.4 Å². The van der Waals surface area contributed by atoms with E-state index in [1.807, 2.05) is 42.6 Å². The van der Waals surface area contributed by atoms with E-state index in [2.05, 4.69) is 25.8 Å². The van der Waals surface area contributed by atoms with E-state index in [-0.39, 0.29) is 12.3 Å². The van der Waals surface area contributed by atoms with Crippen LogP contribution in [0, 0.1) is 0 Å². The highest BCUT2D eigenvalue weighted by atomic mass is 32.2. The van der Waals surface area contributed by atoms with Crippen molar-refractivity contribution >= 4 is 51.2 Å². The van der Waals surface area contributed by atoms with Gasteiger partial charge in [0.25, 0.3) is 0 Å². The summed E-state index contributed by atoms with van der Waals surface area (Å²) in [4.78, 5) is 16.6. The fraction of sp³-hybridized carbons (Fsp3) is 0.250. The van der Waals surface area contributed by atoms with Crippen LogP contribution < -0.4 is 10.6 Å². The number of carbonyl (C=O) groups excluding carboxylic acids is 1. The highest BCUT2D eigenvalue weighted by Gasteiger charge is 2.10. The van der Waals surface area contributed by atoms with Crippen LogP contribution in [0.3, 0.4) is 0 Å². The minimum Gasteiger partial charge on any atom is -0.360 e. The Bertz CT molecular complexity index is 818. The molecule has 0 atom stereocenters. The number of anilines is 2. The van der Waals surface area contributed by atoms with E-state index in [4.69, 9.17) is 0 Å². The molecule has 25 heavy (non-hydrogen) atoms. The summed E-state index contributed by atoms with van der Waals surface area (Å²) in [5.74, 6) is 0.663. The molecule has 1 aromatic carbocycles. The van der Waals surface area contributed by atoms with E-state index in [1.165, 1.54) is 22.7 Å². The van der Waals surface area contributed by atoms with Gasteiger partial charge in [-0.25, -0.2) is 4.98 Å². The van der Waals surface area contributed by atoms with E-state index in [1.54, 1.807) is 11.8 Å². The van der Waals surface area contributed by atoms with Crippen LogP contribution in [-0.4, -0.2) is 27.6 Å². The third-order valence-corrected chi connectivity index (χ3v) is 5.99. The Labute approximate surface area is 158 Å². The lowest BCUT2D eigenvalue weighted by molar-refractivity contribution is -0.115. The number of para-hydroxylation sites is 1. The molecule has 0 aliphatic heterocycles. The average Bonchev–Trinajstić information content (AvgIpc) is 3.23. The third-order valence-electron chi connectivity index (χ3n) is 3.05. The lowest BCUT2D eigenvalue weighted by Crippen LogP contribution is -2.14. The molecule has 0 saturated heterocycles. The van der Waals surface area contributed by atoms with Crippen LogP contribution >= 0.6 is 34.4 Å².